The molecule has 0 bridgehead atoms. The Bertz CT molecular complexity index is 785. The highest BCUT2D eigenvalue weighted by Crippen LogP contribution is 2.30. The summed E-state index contributed by atoms with van der Waals surface area (Å²) in [4.78, 5) is 11.0. The van der Waals surface area contributed by atoms with E-state index in [1.165, 1.54) is 49.6 Å². The van der Waals surface area contributed by atoms with Crippen LogP contribution in [0.4, 0.5) is 11.4 Å². The van der Waals surface area contributed by atoms with Crippen LogP contribution in [0.3, 0.4) is 0 Å². The summed E-state index contributed by atoms with van der Waals surface area (Å²) in [5, 5.41) is 8.99. The zero-order chi connectivity index (χ0) is 16.3. The first kappa shape index (κ1) is 15.8. The number of ether oxygens (including phenoxy) is 1. The van der Waals surface area contributed by atoms with Crippen LogP contribution in [0.15, 0.2) is 48.5 Å². The molecule has 0 heterocycles. The molecule has 0 fully saturated rings. The lowest BCUT2D eigenvalue weighted by molar-refractivity contribution is 0.0697. The summed E-state index contributed by atoms with van der Waals surface area (Å²) < 4.78 is 38.4. The maximum atomic E-state index is 11.7. The number of benzene rings is 2. The molecule has 0 radical (unpaired) electrons. The average Bonchev–Trinajstić information content (AvgIpc) is 2.47. The van der Waals surface area contributed by atoms with Gasteiger partial charge in [0.2, 0.25) is 0 Å². The van der Waals surface area contributed by atoms with Gasteiger partial charge in [0.1, 0.15) is 5.75 Å². The first-order chi connectivity index (χ1) is 10.3. The highest BCUT2D eigenvalue weighted by Gasteiger charge is 2.22. The van der Waals surface area contributed by atoms with Crippen molar-refractivity contribution in [3.8, 4) is 5.75 Å². The van der Waals surface area contributed by atoms with Crippen LogP contribution in [-0.4, -0.2) is 31.2 Å². The lowest BCUT2D eigenvalue weighted by Crippen LogP contribution is -2.25. The van der Waals surface area contributed by atoms with Gasteiger partial charge in [-0.25, -0.2) is 9.10 Å². The third-order valence-electron chi connectivity index (χ3n) is 2.87. The number of methoxy groups -OCH3 is 1. The van der Waals surface area contributed by atoms with E-state index in [4.69, 9.17) is 9.84 Å². The lowest BCUT2D eigenvalue weighted by atomic mass is 10.2. The first-order valence-corrected chi connectivity index (χ1v) is 7.48. The minimum atomic E-state index is -4.63. The normalized spacial score (nSPS) is 11.0. The van der Waals surface area contributed by atoms with Crippen molar-refractivity contribution >= 4 is 27.6 Å². The minimum Gasteiger partial charge on any atom is -0.497 e. The summed E-state index contributed by atoms with van der Waals surface area (Å²) in [7, 11) is -3.17. The second-order valence-corrected chi connectivity index (χ2v) is 5.56. The first-order valence-electron chi connectivity index (χ1n) is 6.08. The van der Waals surface area contributed by atoms with Crippen molar-refractivity contribution in [3.05, 3.63) is 54.1 Å². The van der Waals surface area contributed by atoms with Crippen molar-refractivity contribution in [1.82, 2.24) is 0 Å². The van der Waals surface area contributed by atoms with Crippen molar-refractivity contribution in [1.29, 1.82) is 0 Å². The fourth-order valence-corrected chi connectivity index (χ4v) is 2.67. The summed E-state index contributed by atoms with van der Waals surface area (Å²) in [6.07, 6.45) is 0. The Morgan fingerprint density at radius 2 is 1.73 bits per heavy atom. The fourth-order valence-electron chi connectivity index (χ4n) is 1.90. The van der Waals surface area contributed by atoms with Gasteiger partial charge in [0.05, 0.1) is 24.0 Å². The maximum Gasteiger partial charge on any atom is 0.364 e. The van der Waals surface area contributed by atoms with Gasteiger partial charge in [-0.2, -0.15) is 8.42 Å². The number of carboxylic acids is 1. The minimum absolute atomic E-state index is 0.00701. The van der Waals surface area contributed by atoms with E-state index in [1.54, 1.807) is 0 Å². The molecule has 2 rings (SSSR count). The van der Waals surface area contributed by atoms with Crippen LogP contribution in [0.2, 0.25) is 0 Å². The van der Waals surface area contributed by atoms with Crippen LogP contribution in [0.25, 0.3) is 0 Å². The molecule has 116 valence electrons. The van der Waals surface area contributed by atoms with Gasteiger partial charge in [0.15, 0.2) is 0 Å². The largest absolute Gasteiger partial charge is 0.497 e. The van der Waals surface area contributed by atoms with Crippen molar-refractivity contribution in [2.45, 2.75) is 0 Å². The van der Waals surface area contributed by atoms with Crippen molar-refractivity contribution in [2.24, 2.45) is 0 Å². The number of carboxylic acid groups (broad SMARTS) is 1. The molecule has 22 heavy (non-hydrogen) atoms. The number of carbonyl (C=O) groups is 1. The number of nitrogens with zero attached hydrogens (tertiary/aromatic N) is 1. The van der Waals surface area contributed by atoms with E-state index in [9.17, 15) is 17.8 Å². The predicted octanol–water partition coefficient (Wildman–Crippen LogP) is 2.33. The molecule has 0 aromatic heterocycles. The molecule has 0 unspecified atom stereocenters. The standard InChI is InChI=1S/C14H13NO6S/c1-21-13-7-5-11(6-8-13)15(22(18,19)20)12-4-2-3-10(9-12)14(16)17/h2-9H,1H3,(H,16,17)(H,18,19,20). The highest BCUT2D eigenvalue weighted by molar-refractivity contribution is 7.87. The Labute approximate surface area is 127 Å². The van der Waals surface area contributed by atoms with Crippen LogP contribution < -0.4 is 9.04 Å². The van der Waals surface area contributed by atoms with Crippen LogP contribution in [0.5, 0.6) is 5.75 Å². The molecule has 0 spiro atoms. The molecule has 2 aromatic rings. The zero-order valence-corrected chi connectivity index (χ0v) is 12.3. The number of hydrogen-bond acceptors (Lipinski definition) is 4. The smallest absolute Gasteiger partial charge is 0.364 e. The van der Waals surface area contributed by atoms with Gasteiger partial charge in [-0.3, -0.25) is 4.55 Å². The molecule has 0 atom stereocenters. The van der Waals surface area contributed by atoms with E-state index in [2.05, 4.69) is 0 Å². The van der Waals surface area contributed by atoms with E-state index >= 15 is 0 Å². The Morgan fingerprint density at radius 3 is 2.23 bits per heavy atom. The number of hydrogen-bond donors (Lipinski definition) is 2. The van der Waals surface area contributed by atoms with E-state index in [0.29, 0.717) is 10.1 Å². The average molecular weight is 323 g/mol. The molecule has 0 aliphatic rings. The molecular formula is C14H13NO6S. The number of aromatic carboxylic acids is 1. The monoisotopic (exact) mass is 323 g/mol. The third kappa shape index (κ3) is 3.35. The van der Waals surface area contributed by atoms with Crippen LogP contribution >= 0.6 is 0 Å². The molecule has 2 N–H and O–H groups in total. The molecule has 8 heteroatoms. The van der Waals surface area contributed by atoms with Crippen molar-refractivity contribution < 1.29 is 27.6 Å². The second-order valence-electron chi connectivity index (χ2n) is 4.30. The van der Waals surface area contributed by atoms with Crippen LogP contribution in [0, 0.1) is 0 Å². The van der Waals surface area contributed by atoms with Gasteiger partial charge in [-0.15, -0.1) is 0 Å². The molecule has 0 aliphatic heterocycles. The van der Waals surface area contributed by atoms with Crippen LogP contribution in [0.1, 0.15) is 10.4 Å². The summed E-state index contributed by atoms with van der Waals surface area (Å²) >= 11 is 0. The van der Waals surface area contributed by atoms with Gasteiger partial charge in [0.25, 0.3) is 0 Å². The molecule has 0 saturated carbocycles. The fraction of sp³-hybridized carbons (Fsp3) is 0.0714. The van der Waals surface area contributed by atoms with E-state index in [-0.39, 0.29) is 16.9 Å². The second kappa shape index (κ2) is 6.04. The molecule has 0 aliphatic carbocycles. The van der Waals surface area contributed by atoms with Gasteiger partial charge >= 0.3 is 16.3 Å². The van der Waals surface area contributed by atoms with E-state index < -0.39 is 16.3 Å². The van der Waals surface area contributed by atoms with Crippen molar-refractivity contribution in [3.63, 3.8) is 0 Å². The summed E-state index contributed by atoms with van der Waals surface area (Å²) in [6.45, 7) is 0. The maximum absolute atomic E-state index is 11.7. The Balaban J connectivity index is 2.55. The summed E-state index contributed by atoms with van der Waals surface area (Å²) in [5.41, 5.74) is 0.0538. The molecule has 2 aromatic carbocycles. The third-order valence-corrected chi connectivity index (χ3v) is 3.75. The lowest BCUT2D eigenvalue weighted by Gasteiger charge is -2.21. The zero-order valence-electron chi connectivity index (χ0n) is 11.5. The Hall–Kier alpha value is -2.58. The predicted molar refractivity (Wildman–Crippen MR) is 80.1 cm³/mol. The van der Waals surface area contributed by atoms with Crippen LogP contribution in [-0.2, 0) is 10.3 Å². The molecule has 7 nitrogen and oxygen atoms in total. The number of rotatable bonds is 5. The van der Waals surface area contributed by atoms with Crippen molar-refractivity contribution in [2.75, 3.05) is 11.4 Å². The Kier molecular flexibility index (Phi) is 4.34. The van der Waals surface area contributed by atoms with Gasteiger partial charge in [-0.1, -0.05) is 6.07 Å². The number of anilines is 2. The van der Waals surface area contributed by atoms with Gasteiger partial charge < -0.3 is 9.84 Å². The molecule has 0 saturated heterocycles. The molecule has 0 amide bonds. The van der Waals surface area contributed by atoms with Gasteiger partial charge in [0, 0.05) is 0 Å². The topological polar surface area (TPSA) is 104 Å². The summed E-state index contributed by atoms with van der Waals surface area (Å²) in [5.74, 6) is -0.690. The SMILES string of the molecule is COc1ccc(N(c2cccc(C(=O)O)c2)S(=O)(=O)O)cc1. The quantitative estimate of drug-likeness (QED) is 0.818. The Morgan fingerprint density at radius 1 is 1.09 bits per heavy atom. The van der Waals surface area contributed by atoms with E-state index in [1.807, 2.05) is 0 Å². The molecular weight excluding hydrogens is 310 g/mol. The summed E-state index contributed by atoms with van der Waals surface area (Å²) in [6, 6.07) is 11.1. The van der Waals surface area contributed by atoms with E-state index in [0.717, 1.165) is 6.07 Å². The highest BCUT2D eigenvalue weighted by atomic mass is 32.2. The van der Waals surface area contributed by atoms with Gasteiger partial charge in [-0.05, 0) is 42.5 Å².